The molecule has 2 aromatic heterocycles. The molecule has 0 aliphatic carbocycles. The number of hydrogen-bond acceptors (Lipinski definition) is 11. The van der Waals surface area contributed by atoms with Crippen molar-refractivity contribution in [2.75, 3.05) is 18.5 Å². The van der Waals surface area contributed by atoms with E-state index in [9.17, 15) is 14.4 Å². The molecule has 0 bridgehead atoms. The van der Waals surface area contributed by atoms with Gasteiger partial charge in [0.25, 0.3) is 0 Å². The van der Waals surface area contributed by atoms with Gasteiger partial charge in [-0.3, -0.25) is 0 Å². The third kappa shape index (κ3) is 6.69. The zero-order valence-electron chi connectivity index (χ0n) is 25.7. The standard InChI is InChI=1S/C36H31N5O7/c1-3-20-37-31-28-26(4-2)40-41(32(28)39-22-38-31)33-30(48-36(44)25-18-12-7-13-19-25)29(47-35(43)24-16-10-6-11-17-24)27(46-33)21-45-34(42)23-14-8-5-9-15-23/h3-19,22,27,29-30,33H,1-2,20-21H2,(H,37,38,39)/t27-,29-,30-,33-/m1/s1. The highest BCUT2D eigenvalue weighted by Gasteiger charge is 2.52. The van der Waals surface area contributed by atoms with Crippen LogP contribution in [-0.2, 0) is 18.9 Å². The van der Waals surface area contributed by atoms with Gasteiger partial charge in [-0.1, -0.05) is 67.3 Å². The zero-order valence-corrected chi connectivity index (χ0v) is 25.7. The third-order valence-electron chi connectivity index (χ3n) is 7.54. The molecule has 1 aliphatic heterocycles. The number of benzene rings is 3. The topological polar surface area (TPSA) is 144 Å². The molecule has 242 valence electrons. The quantitative estimate of drug-likeness (QED) is 0.108. The van der Waals surface area contributed by atoms with Crippen molar-refractivity contribution >= 4 is 40.8 Å². The molecule has 0 spiro atoms. The van der Waals surface area contributed by atoms with Crippen molar-refractivity contribution < 1.29 is 33.3 Å². The van der Waals surface area contributed by atoms with Gasteiger partial charge in [-0.25, -0.2) is 29.0 Å². The number of ether oxygens (including phenoxy) is 4. The Morgan fingerprint density at radius 1 is 0.792 bits per heavy atom. The molecule has 6 rings (SSSR count). The molecule has 1 aliphatic rings. The lowest BCUT2D eigenvalue weighted by molar-refractivity contribution is -0.0654. The van der Waals surface area contributed by atoms with Gasteiger partial charge >= 0.3 is 17.9 Å². The number of hydrogen-bond donors (Lipinski definition) is 1. The van der Waals surface area contributed by atoms with Gasteiger partial charge in [0.2, 0.25) is 0 Å². The summed E-state index contributed by atoms with van der Waals surface area (Å²) in [7, 11) is 0. The van der Waals surface area contributed by atoms with Crippen molar-refractivity contribution in [3.63, 3.8) is 0 Å². The van der Waals surface area contributed by atoms with Crippen LogP contribution in [0, 0.1) is 0 Å². The van der Waals surface area contributed by atoms with Gasteiger partial charge in [0.05, 0.1) is 27.8 Å². The minimum atomic E-state index is -1.27. The van der Waals surface area contributed by atoms with Crippen LogP contribution in [0.15, 0.2) is 117 Å². The minimum absolute atomic E-state index is 0.262. The molecule has 0 saturated carbocycles. The molecular weight excluding hydrogens is 614 g/mol. The van der Waals surface area contributed by atoms with Crippen LogP contribution < -0.4 is 5.32 Å². The van der Waals surface area contributed by atoms with Crippen molar-refractivity contribution in [1.82, 2.24) is 19.7 Å². The predicted octanol–water partition coefficient (Wildman–Crippen LogP) is 5.27. The Morgan fingerprint density at radius 2 is 1.35 bits per heavy atom. The number of fused-ring (bicyclic) bond motifs is 1. The van der Waals surface area contributed by atoms with Gasteiger partial charge in [-0.15, -0.1) is 6.58 Å². The lowest BCUT2D eigenvalue weighted by Crippen LogP contribution is -2.41. The first-order valence-corrected chi connectivity index (χ1v) is 15.1. The molecule has 3 heterocycles. The van der Waals surface area contributed by atoms with Gasteiger partial charge in [-0.05, 0) is 42.5 Å². The van der Waals surface area contributed by atoms with E-state index in [1.807, 2.05) is 0 Å². The number of esters is 3. The fraction of sp³-hybridized carbons (Fsp3) is 0.167. The fourth-order valence-electron chi connectivity index (χ4n) is 5.28. The first-order chi connectivity index (χ1) is 23.5. The molecule has 0 radical (unpaired) electrons. The minimum Gasteiger partial charge on any atom is -0.459 e. The third-order valence-corrected chi connectivity index (χ3v) is 7.54. The van der Waals surface area contributed by atoms with E-state index in [2.05, 4.69) is 28.4 Å². The van der Waals surface area contributed by atoms with E-state index in [0.717, 1.165) is 0 Å². The molecule has 1 N–H and O–H groups in total. The second-order valence-corrected chi connectivity index (χ2v) is 10.6. The Labute approximate surface area is 275 Å². The summed E-state index contributed by atoms with van der Waals surface area (Å²) in [5, 5.41) is 8.40. The van der Waals surface area contributed by atoms with Crippen LogP contribution in [0.25, 0.3) is 17.1 Å². The van der Waals surface area contributed by atoms with Crippen LogP contribution in [0.1, 0.15) is 43.0 Å². The van der Waals surface area contributed by atoms with Gasteiger partial charge in [0.1, 0.15) is 24.9 Å². The Hall–Kier alpha value is -6.14. The normalized spacial score (nSPS) is 18.5. The first kappa shape index (κ1) is 31.8. The van der Waals surface area contributed by atoms with Crippen LogP contribution in [0.3, 0.4) is 0 Å². The molecule has 12 heteroatoms. The van der Waals surface area contributed by atoms with Crippen LogP contribution in [0.5, 0.6) is 0 Å². The maximum absolute atomic E-state index is 13.5. The highest BCUT2D eigenvalue weighted by atomic mass is 16.7. The number of nitrogens with one attached hydrogen (secondary N) is 1. The fourth-order valence-corrected chi connectivity index (χ4v) is 5.28. The second kappa shape index (κ2) is 14.5. The summed E-state index contributed by atoms with van der Waals surface area (Å²) in [5.74, 6) is -1.53. The van der Waals surface area contributed by atoms with Crippen LogP contribution in [0.2, 0.25) is 0 Å². The summed E-state index contributed by atoms with van der Waals surface area (Å²) in [6.07, 6.45) is -0.229. The molecular formula is C36H31N5O7. The molecule has 1 saturated heterocycles. The van der Waals surface area contributed by atoms with Crippen molar-refractivity contribution in [3.05, 3.63) is 139 Å². The largest absolute Gasteiger partial charge is 0.459 e. The number of aromatic nitrogens is 4. The van der Waals surface area contributed by atoms with E-state index in [0.29, 0.717) is 34.7 Å². The maximum atomic E-state index is 13.5. The van der Waals surface area contributed by atoms with E-state index >= 15 is 0 Å². The summed E-state index contributed by atoms with van der Waals surface area (Å²) >= 11 is 0. The highest BCUT2D eigenvalue weighted by Crippen LogP contribution is 2.38. The Balaban J connectivity index is 1.42. The van der Waals surface area contributed by atoms with E-state index in [4.69, 9.17) is 24.0 Å². The lowest BCUT2D eigenvalue weighted by Gasteiger charge is -2.24. The smallest absolute Gasteiger partial charge is 0.338 e. The summed E-state index contributed by atoms with van der Waals surface area (Å²) in [4.78, 5) is 48.8. The van der Waals surface area contributed by atoms with Crippen LogP contribution in [-0.4, -0.2) is 69.1 Å². The van der Waals surface area contributed by atoms with E-state index in [-0.39, 0.29) is 17.7 Å². The monoisotopic (exact) mass is 645 g/mol. The molecule has 0 amide bonds. The lowest BCUT2D eigenvalue weighted by atomic mass is 10.1. The Kier molecular flexibility index (Phi) is 9.63. The van der Waals surface area contributed by atoms with Crippen molar-refractivity contribution in [2.24, 2.45) is 0 Å². The van der Waals surface area contributed by atoms with E-state index in [1.165, 1.54) is 17.1 Å². The first-order valence-electron chi connectivity index (χ1n) is 15.1. The second-order valence-electron chi connectivity index (χ2n) is 10.6. The Bertz CT molecular complexity index is 1930. The maximum Gasteiger partial charge on any atom is 0.338 e. The average Bonchev–Trinajstić information content (AvgIpc) is 3.68. The van der Waals surface area contributed by atoms with Gasteiger partial charge in [-0.2, -0.15) is 5.10 Å². The van der Waals surface area contributed by atoms with E-state index < -0.39 is 42.4 Å². The number of anilines is 1. The zero-order chi connectivity index (χ0) is 33.5. The number of carbonyl (C=O) groups is 3. The van der Waals surface area contributed by atoms with Gasteiger partial charge in [0, 0.05) is 6.54 Å². The molecule has 12 nitrogen and oxygen atoms in total. The van der Waals surface area contributed by atoms with Gasteiger partial charge in [0.15, 0.2) is 24.1 Å². The summed E-state index contributed by atoms with van der Waals surface area (Å²) in [6.45, 7) is 7.72. The number of rotatable bonds is 12. The molecule has 1 fully saturated rings. The van der Waals surface area contributed by atoms with E-state index in [1.54, 1.807) is 97.1 Å². The van der Waals surface area contributed by atoms with Crippen LogP contribution in [0.4, 0.5) is 5.82 Å². The summed E-state index contributed by atoms with van der Waals surface area (Å²) in [5.41, 5.74) is 1.59. The van der Waals surface area contributed by atoms with Crippen LogP contribution >= 0.6 is 0 Å². The highest BCUT2D eigenvalue weighted by molar-refractivity contribution is 5.94. The molecule has 0 unspecified atom stereocenters. The molecule has 3 aromatic carbocycles. The average molecular weight is 646 g/mol. The Morgan fingerprint density at radius 3 is 1.92 bits per heavy atom. The summed E-state index contributed by atoms with van der Waals surface area (Å²) < 4.78 is 25.6. The van der Waals surface area contributed by atoms with Crippen molar-refractivity contribution in [3.8, 4) is 0 Å². The molecule has 5 aromatic rings. The SMILES string of the molecule is C=CCNc1ncnc2c1c(C=C)nn2[C@@H]1O[C@H](COC(=O)c2ccccc2)[C@@H](OC(=O)c2ccccc2)[C@H]1OC(=O)c1ccccc1. The van der Waals surface area contributed by atoms with Crippen molar-refractivity contribution in [2.45, 2.75) is 24.5 Å². The predicted molar refractivity (Wildman–Crippen MR) is 176 cm³/mol. The van der Waals surface area contributed by atoms with Crippen molar-refractivity contribution in [1.29, 1.82) is 0 Å². The molecule has 4 atom stereocenters. The molecule has 48 heavy (non-hydrogen) atoms. The number of nitrogens with zero attached hydrogens (tertiary/aromatic N) is 4. The number of carbonyl (C=O) groups excluding carboxylic acids is 3. The van der Waals surface area contributed by atoms with Gasteiger partial charge < -0.3 is 24.3 Å². The summed E-state index contributed by atoms with van der Waals surface area (Å²) in [6, 6.07) is 25.1.